The van der Waals surface area contributed by atoms with Gasteiger partial charge in [-0.15, -0.1) is 0 Å². The molecular weight excluding hydrogens is 350 g/mol. The summed E-state index contributed by atoms with van der Waals surface area (Å²) in [5.74, 6) is -0.0198. The molecule has 0 unspecified atom stereocenters. The Morgan fingerprint density at radius 3 is 2.64 bits per heavy atom. The molecule has 2 N–H and O–H groups in total. The number of pyridine rings is 1. The number of fused-ring (bicyclic) bond motifs is 1. The molecule has 0 saturated carbocycles. The lowest BCUT2D eigenvalue weighted by molar-refractivity contribution is -0.119. The number of benzene rings is 1. The van der Waals surface area contributed by atoms with Gasteiger partial charge in [-0.05, 0) is 56.5 Å². The molecular formula is C23H25N3O2. The van der Waals surface area contributed by atoms with Crippen LogP contribution in [0, 0.1) is 0 Å². The van der Waals surface area contributed by atoms with E-state index in [4.69, 9.17) is 0 Å². The molecule has 1 aromatic carbocycles. The summed E-state index contributed by atoms with van der Waals surface area (Å²) in [7, 11) is 0. The van der Waals surface area contributed by atoms with Gasteiger partial charge in [0, 0.05) is 41.8 Å². The maximum Gasteiger partial charge on any atom is 0.255 e. The van der Waals surface area contributed by atoms with E-state index in [0.717, 1.165) is 34.5 Å². The zero-order valence-corrected chi connectivity index (χ0v) is 16.7. The predicted octanol–water partition coefficient (Wildman–Crippen LogP) is 3.89. The normalized spacial score (nSPS) is 17.5. The number of nitrogens with one attached hydrogen (secondary N) is 2. The van der Waals surface area contributed by atoms with Gasteiger partial charge in [-0.2, -0.15) is 0 Å². The van der Waals surface area contributed by atoms with Crippen LogP contribution in [-0.4, -0.2) is 28.4 Å². The topological polar surface area (TPSA) is 65.2 Å². The number of hydrogen-bond donors (Lipinski definition) is 2. The van der Waals surface area contributed by atoms with Gasteiger partial charge in [-0.25, -0.2) is 0 Å². The van der Waals surface area contributed by atoms with Crippen molar-refractivity contribution in [3.8, 4) is 11.1 Å². The number of rotatable bonds is 3. The van der Waals surface area contributed by atoms with Crippen LogP contribution in [0.4, 0.5) is 5.69 Å². The van der Waals surface area contributed by atoms with Crippen LogP contribution in [0.1, 0.15) is 38.8 Å². The molecule has 0 aliphatic carbocycles. The second-order valence-electron chi connectivity index (χ2n) is 8.25. The Bertz CT molecular complexity index is 1070. The molecule has 0 fully saturated rings. The third kappa shape index (κ3) is 2.97. The molecule has 0 spiro atoms. The summed E-state index contributed by atoms with van der Waals surface area (Å²) in [6.45, 7) is 9.02. The molecule has 2 aliphatic rings. The Morgan fingerprint density at radius 1 is 1.11 bits per heavy atom. The van der Waals surface area contributed by atoms with Crippen molar-refractivity contribution >= 4 is 17.2 Å². The number of H-pyrrole nitrogens is 1. The van der Waals surface area contributed by atoms with Gasteiger partial charge in [0.25, 0.3) is 5.56 Å². The van der Waals surface area contributed by atoms with Gasteiger partial charge in [-0.3, -0.25) is 9.59 Å². The van der Waals surface area contributed by atoms with E-state index in [1.807, 2.05) is 38.1 Å². The van der Waals surface area contributed by atoms with E-state index < -0.39 is 5.41 Å². The van der Waals surface area contributed by atoms with Crippen molar-refractivity contribution < 1.29 is 4.79 Å². The Hall–Kier alpha value is -3.08. The van der Waals surface area contributed by atoms with Gasteiger partial charge in [0.1, 0.15) is 0 Å². The fourth-order valence-corrected chi connectivity index (χ4v) is 3.73. The number of aromatic amines is 1. The quantitative estimate of drug-likeness (QED) is 0.855. The van der Waals surface area contributed by atoms with Crippen molar-refractivity contribution in [2.24, 2.45) is 0 Å². The second-order valence-corrected chi connectivity index (χ2v) is 8.25. The second kappa shape index (κ2) is 6.51. The number of anilines is 1. The highest BCUT2D eigenvalue weighted by Gasteiger charge is 2.38. The summed E-state index contributed by atoms with van der Waals surface area (Å²) < 4.78 is 0. The third-order valence-electron chi connectivity index (χ3n) is 5.64. The maximum atomic E-state index is 12.5. The number of aromatic nitrogens is 1. The molecule has 5 heteroatoms. The van der Waals surface area contributed by atoms with Crippen LogP contribution in [0.5, 0.6) is 0 Å². The first-order chi connectivity index (χ1) is 13.3. The number of carbonyl (C=O) groups is 1. The number of nitrogens with zero attached hydrogens (tertiary/aromatic N) is 1. The molecule has 5 nitrogen and oxygen atoms in total. The van der Waals surface area contributed by atoms with Gasteiger partial charge >= 0.3 is 0 Å². The zero-order chi connectivity index (χ0) is 20.1. The summed E-state index contributed by atoms with van der Waals surface area (Å²) in [5.41, 5.74) is 4.44. The largest absolute Gasteiger partial charge is 0.371 e. The van der Waals surface area contributed by atoms with Crippen LogP contribution in [0.3, 0.4) is 0 Å². The predicted molar refractivity (Wildman–Crippen MR) is 113 cm³/mol. The smallest absolute Gasteiger partial charge is 0.255 e. The minimum Gasteiger partial charge on any atom is -0.371 e. The minimum atomic E-state index is -0.555. The van der Waals surface area contributed by atoms with E-state index in [2.05, 4.69) is 47.4 Å². The number of amides is 1. The highest BCUT2D eigenvalue weighted by molar-refractivity contribution is 6.06. The molecule has 1 amide bonds. The van der Waals surface area contributed by atoms with Crippen LogP contribution < -0.4 is 10.9 Å². The van der Waals surface area contributed by atoms with Gasteiger partial charge in [-0.1, -0.05) is 24.3 Å². The lowest BCUT2D eigenvalue weighted by Crippen LogP contribution is -2.27. The van der Waals surface area contributed by atoms with Crippen LogP contribution in [0.2, 0.25) is 0 Å². The van der Waals surface area contributed by atoms with E-state index >= 15 is 0 Å². The SMILES string of the molecule is CC(C)N1C=C(c2c[nH]c(=O)c(-c3ccc4c(c3)NC(=O)C4(C)C)c2)C=CC1. The van der Waals surface area contributed by atoms with Gasteiger partial charge < -0.3 is 15.2 Å². The highest BCUT2D eigenvalue weighted by atomic mass is 16.2. The number of carbonyl (C=O) groups excluding carboxylic acids is 1. The fraction of sp³-hybridized carbons (Fsp3) is 0.304. The Morgan fingerprint density at radius 2 is 1.89 bits per heavy atom. The average molecular weight is 375 g/mol. The van der Waals surface area contributed by atoms with Crippen LogP contribution in [0.25, 0.3) is 16.7 Å². The van der Waals surface area contributed by atoms with Gasteiger partial charge in [0.05, 0.1) is 5.41 Å². The molecule has 144 valence electrons. The third-order valence-corrected chi connectivity index (χ3v) is 5.64. The van der Waals surface area contributed by atoms with Crippen molar-refractivity contribution in [2.75, 3.05) is 11.9 Å². The van der Waals surface area contributed by atoms with E-state index in [1.54, 1.807) is 6.20 Å². The standard InChI is InChI=1S/C23H25N3O2/c1-14(2)26-9-5-6-16(13-26)17-10-18(21(27)24-12-17)15-7-8-19-20(11-15)25-22(28)23(19,3)4/h5-8,10-14H,9H2,1-4H3,(H,24,27)(H,25,28). The Labute approximate surface area is 164 Å². The lowest BCUT2D eigenvalue weighted by atomic mass is 9.85. The lowest BCUT2D eigenvalue weighted by Gasteiger charge is -2.27. The fourth-order valence-electron chi connectivity index (χ4n) is 3.73. The summed E-state index contributed by atoms with van der Waals surface area (Å²) in [6, 6.07) is 8.07. The molecule has 0 bridgehead atoms. The molecule has 2 aliphatic heterocycles. The summed E-state index contributed by atoms with van der Waals surface area (Å²) >= 11 is 0. The summed E-state index contributed by atoms with van der Waals surface area (Å²) in [4.78, 5) is 29.9. The molecule has 4 rings (SSSR count). The Balaban J connectivity index is 1.76. The average Bonchev–Trinajstić information content (AvgIpc) is 2.90. The first-order valence-electron chi connectivity index (χ1n) is 9.61. The van der Waals surface area contributed by atoms with Crippen LogP contribution in [0.15, 0.2) is 53.6 Å². The Kier molecular flexibility index (Phi) is 4.26. The number of hydrogen-bond acceptors (Lipinski definition) is 3. The molecule has 0 saturated heterocycles. The monoisotopic (exact) mass is 375 g/mol. The van der Waals surface area contributed by atoms with E-state index in [1.165, 1.54) is 0 Å². The summed E-state index contributed by atoms with van der Waals surface area (Å²) in [6.07, 6.45) is 8.10. The first kappa shape index (κ1) is 18.3. The number of allylic oxidation sites excluding steroid dienone is 2. The van der Waals surface area contributed by atoms with Gasteiger partial charge in [0.2, 0.25) is 5.91 Å². The van der Waals surface area contributed by atoms with Crippen molar-refractivity contribution in [3.63, 3.8) is 0 Å². The van der Waals surface area contributed by atoms with Crippen molar-refractivity contribution in [1.82, 2.24) is 9.88 Å². The zero-order valence-electron chi connectivity index (χ0n) is 16.7. The van der Waals surface area contributed by atoms with Gasteiger partial charge in [0.15, 0.2) is 0 Å². The maximum absolute atomic E-state index is 12.5. The van der Waals surface area contributed by atoms with Crippen molar-refractivity contribution in [1.29, 1.82) is 0 Å². The molecule has 0 atom stereocenters. The summed E-state index contributed by atoms with van der Waals surface area (Å²) in [5, 5.41) is 2.93. The molecule has 1 aromatic heterocycles. The molecule has 28 heavy (non-hydrogen) atoms. The highest BCUT2D eigenvalue weighted by Crippen LogP contribution is 2.39. The van der Waals surface area contributed by atoms with Crippen molar-refractivity contribution in [2.45, 2.75) is 39.2 Å². The molecule has 0 radical (unpaired) electrons. The minimum absolute atomic E-state index is 0.0198. The first-order valence-corrected chi connectivity index (χ1v) is 9.61. The van der Waals surface area contributed by atoms with Crippen LogP contribution >= 0.6 is 0 Å². The van der Waals surface area contributed by atoms with E-state index in [9.17, 15) is 9.59 Å². The molecule has 3 heterocycles. The van der Waals surface area contributed by atoms with E-state index in [0.29, 0.717) is 11.6 Å². The van der Waals surface area contributed by atoms with Crippen LogP contribution in [-0.2, 0) is 10.2 Å². The molecule has 2 aromatic rings. The van der Waals surface area contributed by atoms with E-state index in [-0.39, 0.29) is 11.5 Å². The van der Waals surface area contributed by atoms with Crippen molar-refractivity contribution in [3.05, 3.63) is 70.3 Å².